The molecule has 0 aliphatic carbocycles. The Labute approximate surface area is 83.6 Å². The first-order valence-corrected chi connectivity index (χ1v) is 4.58. The monoisotopic (exact) mass is 193 g/mol. The molecule has 0 aromatic carbocycles. The zero-order valence-electron chi connectivity index (χ0n) is 8.07. The number of nitrogens with one attached hydrogen (secondary N) is 1. The van der Waals surface area contributed by atoms with E-state index in [1.807, 2.05) is 12.1 Å². The van der Waals surface area contributed by atoms with Gasteiger partial charge in [0, 0.05) is 19.0 Å². The molecule has 0 bridgehead atoms. The predicted octanol–water partition coefficient (Wildman–Crippen LogP) is 0.967. The van der Waals surface area contributed by atoms with Crippen molar-refractivity contribution >= 4 is 5.84 Å². The molecule has 4 nitrogen and oxygen atoms in total. The number of aryl methyl sites for hydroxylation is 1. The van der Waals surface area contributed by atoms with Crippen LogP contribution in [0.25, 0.3) is 0 Å². The van der Waals surface area contributed by atoms with Crippen molar-refractivity contribution in [2.75, 3.05) is 13.2 Å². The fourth-order valence-electron chi connectivity index (χ4n) is 1.11. The molecule has 0 amide bonds. The van der Waals surface area contributed by atoms with E-state index in [1.165, 1.54) is 5.56 Å². The van der Waals surface area contributed by atoms with Crippen molar-refractivity contribution in [1.82, 2.24) is 4.98 Å². The summed E-state index contributed by atoms with van der Waals surface area (Å²) in [5.41, 5.74) is 6.39. The lowest BCUT2D eigenvalue weighted by Gasteiger charge is -2.02. The smallest absolute Gasteiger partial charge is 0.117 e. The molecule has 0 fully saturated rings. The summed E-state index contributed by atoms with van der Waals surface area (Å²) in [6.45, 7) is 0.873. The molecule has 1 aromatic rings. The van der Waals surface area contributed by atoms with Gasteiger partial charge >= 0.3 is 0 Å². The van der Waals surface area contributed by atoms with Crippen molar-refractivity contribution in [2.45, 2.75) is 12.8 Å². The maximum atomic E-state index is 6.94. The second kappa shape index (κ2) is 6.10. The van der Waals surface area contributed by atoms with Gasteiger partial charge in [-0.1, -0.05) is 0 Å². The zero-order valence-corrected chi connectivity index (χ0v) is 8.07. The van der Waals surface area contributed by atoms with Crippen LogP contribution in [0, 0.1) is 5.41 Å². The lowest BCUT2D eigenvalue weighted by Crippen LogP contribution is -2.17. The maximum absolute atomic E-state index is 6.94. The van der Waals surface area contributed by atoms with Crippen LogP contribution in [0.5, 0.6) is 0 Å². The van der Waals surface area contributed by atoms with Crippen LogP contribution in [0.1, 0.15) is 12.0 Å². The normalized spacial score (nSPS) is 10.0. The molecule has 0 spiro atoms. The molecule has 14 heavy (non-hydrogen) atoms. The molecule has 0 radical (unpaired) electrons. The molecule has 0 saturated carbocycles. The summed E-state index contributed by atoms with van der Waals surface area (Å²) >= 11 is 0. The molecule has 3 N–H and O–H groups in total. The quantitative estimate of drug-likeness (QED) is 0.401. The van der Waals surface area contributed by atoms with Crippen LogP contribution < -0.4 is 5.73 Å². The van der Waals surface area contributed by atoms with E-state index in [2.05, 4.69) is 4.98 Å². The molecular weight excluding hydrogens is 178 g/mol. The van der Waals surface area contributed by atoms with Gasteiger partial charge in [-0.2, -0.15) is 0 Å². The van der Waals surface area contributed by atoms with Crippen molar-refractivity contribution in [3.63, 3.8) is 0 Å². The molecule has 4 heteroatoms. The number of ether oxygens (including phenoxy) is 1. The molecule has 0 unspecified atom stereocenters. The Morgan fingerprint density at radius 3 is 2.79 bits per heavy atom. The molecule has 0 aliphatic heterocycles. The Balaban J connectivity index is 2.08. The standard InChI is InChI=1S/C10H15N3O/c11-10(12)8-14-7-1-2-9-3-5-13-6-4-9/h3-6H,1-2,7-8H2,(H3,11,12). The molecule has 1 heterocycles. The number of nitrogens with zero attached hydrogens (tertiary/aromatic N) is 1. The molecule has 76 valence electrons. The summed E-state index contributed by atoms with van der Waals surface area (Å²) in [7, 11) is 0. The van der Waals surface area contributed by atoms with Gasteiger partial charge in [0.15, 0.2) is 0 Å². The lowest BCUT2D eigenvalue weighted by molar-refractivity contribution is 0.168. The van der Waals surface area contributed by atoms with Gasteiger partial charge in [0.1, 0.15) is 12.4 Å². The molecule has 1 rings (SSSR count). The van der Waals surface area contributed by atoms with Gasteiger partial charge in [-0.3, -0.25) is 10.4 Å². The van der Waals surface area contributed by atoms with Crippen molar-refractivity contribution < 1.29 is 4.74 Å². The summed E-state index contributed by atoms with van der Waals surface area (Å²) < 4.78 is 5.15. The number of aromatic nitrogens is 1. The van der Waals surface area contributed by atoms with Crippen LogP contribution in [0.2, 0.25) is 0 Å². The van der Waals surface area contributed by atoms with Gasteiger partial charge in [-0.05, 0) is 30.5 Å². The number of rotatable bonds is 6. The van der Waals surface area contributed by atoms with E-state index >= 15 is 0 Å². The Morgan fingerprint density at radius 1 is 1.43 bits per heavy atom. The highest BCUT2D eigenvalue weighted by Gasteiger charge is 1.93. The fourth-order valence-corrected chi connectivity index (χ4v) is 1.11. The Kier molecular flexibility index (Phi) is 4.64. The first kappa shape index (κ1) is 10.7. The van der Waals surface area contributed by atoms with Crippen molar-refractivity contribution in [3.8, 4) is 0 Å². The first-order valence-electron chi connectivity index (χ1n) is 4.58. The van der Waals surface area contributed by atoms with E-state index in [4.69, 9.17) is 15.9 Å². The highest BCUT2D eigenvalue weighted by molar-refractivity contribution is 5.78. The molecule has 0 saturated heterocycles. The Morgan fingerprint density at radius 2 is 2.14 bits per heavy atom. The molecule has 0 atom stereocenters. The minimum atomic E-state index is 0.0777. The number of pyridine rings is 1. The van der Waals surface area contributed by atoms with Gasteiger partial charge in [0.2, 0.25) is 0 Å². The van der Waals surface area contributed by atoms with Gasteiger partial charge in [-0.25, -0.2) is 0 Å². The van der Waals surface area contributed by atoms with E-state index in [1.54, 1.807) is 12.4 Å². The largest absolute Gasteiger partial charge is 0.386 e. The SMILES string of the molecule is N=C(N)COCCCc1ccncc1. The van der Waals surface area contributed by atoms with E-state index in [9.17, 15) is 0 Å². The summed E-state index contributed by atoms with van der Waals surface area (Å²) in [6, 6.07) is 3.98. The third-order valence-corrected chi connectivity index (χ3v) is 1.76. The average Bonchev–Trinajstić information content (AvgIpc) is 2.18. The highest BCUT2D eigenvalue weighted by Crippen LogP contribution is 2.00. The second-order valence-corrected chi connectivity index (χ2v) is 3.04. The van der Waals surface area contributed by atoms with E-state index in [0.717, 1.165) is 12.8 Å². The number of hydrogen-bond acceptors (Lipinski definition) is 3. The van der Waals surface area contributed by atoms with Gasteiger partial charge in [-0.15, -0.1) is 0 Å². The second-order valence-electron chi connectivity index (χ2n) is 3.04. The number of hydrogen-bond donors (Lipinski definition) is 2. The minimum Gasteiger partial charge on any atom is -0.386 e. The van der Waals surface area contributed by atoms with Gasteiger partial charge in [0.25, 0.3) is 0 Å². The van der Waals surface area contributed by atoms with E-state index < -0.39 is 0 Å². The average molecular weight is 193 g/mol. The third kappa shape index (κ3) is 4.57. The van der Waals surface area contributed by atoms with Crippen LogP contribution in [0.3, 0.4) is 0 Å². The number of amidine groups is 1. The van der Waals surface area contributed by atoms with Crippen LogP contribution in [0.15, 0.2) is 24.5 Å². The van der Waals surface area contributed by atoms with Crippen molar-refractivity contribution in [2.24, 2.45) is 5.73 Å². The third-order valence-electron chi connectivity index (χ3n) is 1.76. The molecule has 1 aromatic heterocycles. The lowest BCUT2D eigenvalue weighted by atomic mass is 10.1. The van der Waals surface area contributed by atoms with E-state index in [-0.39, 0.29) is 12.4 Å². The van der Waals surface area contributed by atoms with Crippen LogP contribution in [-0.4, -0.2) is 24.0 Å². The van der Waals surface area contributed by atoms with Gasteiger partial charge in [0.05, 0.1) is 0 Å². The topological polar surface area (TPSA) is 72.0 Å². The molecule has 0 aliphatic rings. The number of nitrogens with two attached hydrogens (primary N) is 1. The Hall–Kier alpha value is -1.42. The van der Waals surface area contributed by atoms with Crippen LogP contribution >= 0.6 is 0 Å². The summed E-state index contributed by atoms with van der Waals surface area (Å²) in [6.07, 6.45) is 5.48. The first-order chi connectivity index (χ1) is 6.79. The zero-order chi connectivity index (χ0) is 10.2. The van der Waals surface area contributed by atoms with Gasteiger partial charge < -0.3 is 10.5 Å². The molecular formula is C10H15N3O. The highest BCUT2D eigenvalue weighted by atomic mass is 16.5. The fraction of sp³-hybridized carbons (Fsp3) is 0.400. The predicted molar refractivity (Wildman–Crippen MR) is 55.3 cm³/mol. The summed E-state index contributed by atoms with van der Waals surface area (Å²) in [5, 5.41) is 6.94. The summed E-state index contributed by atoms with van der Waals surface area (Å²) in [5.74, 6) is 0.0777. The minimum absolute atomic E-state index is 0.0777. The van der Waals surface area contributed by atoms with Crippen LogP contribution in [-0.2, 0) is 11.2 Å². The summed E-state index contributed by atoms with van der Waals surface area (Å²) in [4.78, 5) is 3.94. The van der Waals surface area contributed by atoms with Crippen molar-refractivity contribution in [1.29, 1.82) is 5.41 Å². The van der Waals surface area contributed by atoms with Crippen molar-refractivity contribution in [3.05, 3.63) is 30.1 Å². The Bertz CT molecular complexity index is 274. The van der Waals surface area contributed by atoms with Crippen LogP contribution in [0.4, 0.5) is 0 Å². The van der Waals surface area contributed by atoms with E-state index in [0.29, 0.717) is 6.61 Å². The maximum Gasteiger partial charge on any atom is 0.117 e.